The molecule has 1 aromatic carbocycles. The van der Waals surface area contributed by atoms with Gasteiger partial charge in [-0.3, -0.25) is 0 Å². The Kier molecular flexibility index (Phi) is 5.24. The van der Waals surface area contributed by atoms with Crippen LogP contribution in [0.15, 0.2) is 0 Å². The Morgan fingerprint density at radius 1 is 1.08 bits per heavy atom. The van der Waals surface area contributed by atoms with Gasteiger partial charge in [-0.1, -0.05) is 0 Å². The maximum atomic E-state index is 13.8. The smallest absolute Gasteiger partial charge is 0.200 e. The number of hydrogen-bond donors (Lipinski definition) is 2. The summed E-state index contributed by atoms with van der Waals surface area (Å²) >= 11 is 0. The number of hydrogen-bond acceptors (Lipinski definition) is 5. The standard InChI is InChI=1S/C15H8F5N5O/c16-9-7(10(17)12(19)13(20)11(9)18)3-6(4-21)14-8(5-22)15(23)25(24-14)1-2-26/h3,26H,1-2,23H2/b6-3+. The summed E-state index contributed by atoms with van der Waals surface area (Å²) in [5, 5.41) is 31.0. The number of halogens is 5. The third-order valence-corrected chi connectivity index (χ3v) is 3.32. The molecule has 0 spiro atoms. The van der Waals surface area contributed by atoms with Crippen molar-refractivity contribution in [3.63, 3.8) is 0 Å². The molecule has 1 heterocycles. The molecule has 0 unspecified atom stereocenters. The van der Waals surface area contributed by atoms with Gasteiger partial charge in [-0.25, -0.2) is 26.6 Å². The Labute approximate surface area is 142 Å². The maximum absolute atomic E-state index is 13.8. The lowest BCUT2D eigenvalue weighted by Crippen LogP contribution is -2.08. The molecule has 26 heavy (non-hydrogen) atoms. The number of nitrogens with zero attached hydrogens (tertiary/aromatic N) is 4. The van der Waals surface area contributed by atoms with Crippen molar-refractivity contribution in [2.75, 3.05) is 12.3 Å². The molecule has 0 aliphatic carbocycles. The number of aliphatic hydroxyl groups excluding tert-OH is 1. The van der Waals surface area contributed by atoms with Crippen LogP contribution in [0.25, 0.3) is 11.6 Å². The van der Waals surface area contributed by atoms with Crippen molar-refractivity contribution in [1.29, 1.82) is 10.5 Å². The molecule has 0 bridgehead atoms. The molecule has 2 rings (SSSR count). The summed E-state index contributed by atoms with van der Waals surface area (Å²) in [4.78, 5) is 0. The number of aromatic nitrogens is 2. The highest BCUT2D eigenvalue weighted by Gasteiger charge is 2.26. The van der Waals surface area contributed by atoms with Gasteiger partial charge in [-0.2, -0.15) is 15.6 Å². The zero-order valence-corrected chi connectivity index (χ0v) is 12.7. The van der Waals surface area contributed by atoms with Crippen molar-refractivity contribution >= 4 is 17.5 Å². The predicted octanol–water partition coefficient (Wildman–Crippen LogP) is 2.09. The quantitative estimate of drug-likeness (QED) is 0.371. The van der Waals surface area contributed by atoms with E-state index >= 15 is 0 Å². The van der Waals surface area contributed by atoms with Crippen LogP contribution in [-0.4, -0.2) is 21.5 Å². The number of benzene rings is 1. The number of rotatable bonds is 4. The molecule has 0 atom stereocenters. The van der Waals surface area contributed by atoms with E-state index in [-0.39, 0.29) is 17.9 Å². The molecule has 0 aliphatic heterocycles. The summed E-state index contributed by atoms with van der Waals surface area (Å²) < 4.78 is 68.2. The second kappa shape index (κ2) is 7.21. The van der Waals surface area contributed by atoms with Gasteiger partial charge in [0.25, 0.3) is 0 Å². The fourth-order valence-electron chi connectivity index (χ4n) is 2.09. The number of anilines is 1. The zero-order chi connectivity index (χ0) is 19.6. The van der Waals surface area contributed by atoms with Gasteiger partial charge >= 0.3 is 0 Å². The third kappa shape index (κ3) is 2.96. The number of allylic oxidation sites excluding steroid dienone is 1. The summed E-state index contributed by atoms with van der Waals surface area (Å²) in [5.41, 5.74) is 2.83. The van der Waals surface area contributed by atoms with Crippen LogP contribution in [0.5, 0.6) is 0 Å². The van der Waals surface area contributed by atoms with Gasteiger partial charge in [-0.05, 0) is 6.08 Å². The Morgan fingerprint density at radius 3 is 2.08 bits per heavy atom. The molecule has 0 saturated heterocycles. The van der Waals surface area contributed by atoms with Crippen molar-refractivity contribution in [1.82, 2.24) is 9.78 Å². The van der Waals surface area contributed by atoms with E-state index < -0.39 is 52.5 Å². The first-order valence-electron chi connectivity index (χ1n) is 6.79. The average molecular weight is 369 g/mol. The van der Waals surface area contributed by atoms with Gasteiger partial charge in [0, 0.05) is 0 Å². The lowest BCUT2D eigenvalue weighted by molar-refractivity contribution is 0.270. The van der Waals surface area contributed by atoms with Gasteiger partial charge in [-0.15, -0.1) is 0 Å². The second-order valence-corrected chi connectivity index (χ2v) is 4.82. The Bertz CT molecular complexity index is 971. The van der Waals surface area contributed by atoms with Crippen LogP contribution in [0.4, 0.5) is 27.8 Å². The van der Waals surface area contributed by atoms with Crippen LogP contribution in [0.2, 0.25) is 0 Å². The van der Waals surface area contributed by atoms with E-state index in [4.69, 9.17) is 16.1 Å². The van der Waals surface area contributed by atoms with Crippen LogP contribution in [0, 0.1) is 51.7 Å². The number of aliphatic hydroxyl groups is 1. The minimum absolute atomic E-state index is 0.151. The number of nitrogens with two attached hydrogens (primary N) is 1. The van der Waals surface area contributed by atoms with Crippen molar-refractivity contribution in [2.24, 2.45) is 0 Å². The molecule has 3 N–H and O–H groups in total. The van der Waals surface area contributed by atoms with Crippen molar-refractivity contribution < 1.29 is 27.1 Å². The largest absolute Gasteiger partial charge is 0.394 e. The summed E-state index contributed by atoms with van der Waals surface area (Å²) in [6.07, 6.45) is 0.377. The van der Waals surface area contributed by atoms with Crippen molar-refractivity contribution in [2.45, 2.75) is 6.54 Å². The second-order valence-electron chi connectivity index (χ2n) is 4.82. The topological polar surface area (TPSA) is 112 Å². The first-order chi connectivity index (χ1) is 12.3. The lowest BCUT2D eigenvalue weighted by Gasteiger charge is -2.05. The van der Waals surface area contributed by atoms with E-state index in [0.717, 1.165) is 4.68 Å². The van der Waals surface area contributed by atoms with Crippen LogP contribution in [0.1, 0.15) is 16.8 Å². The molecule has 134 valence electrons. The molecule has 6 nitrogen and oxygen atoms in total. The highest BCUT2D eigenvalue weighted by molar-refractivity contribution is 5.91. The van der Waals surface area contributed by atoms with E-state index in [0.29, 0.717) is 6.08 Å². The summed E-state index contributed by atoms with van der Waals surface area (Å²) in [7, 11) is 0. The summed E-state index contributed by atoms with van der Waals surface area (Å²) in [5.74, 6) is -11.2. The first kappa shape index (κ1) is 18.9. The van der Waals surface area contributed by atoms with Gasteiger partial charge < -0.3 is 10.8 Å². The Balaban J connectivity index is 2.75. The molecule has 0 aliphatic rings. The van der Waals surface area contributed by atoms with Crippen LogP contribution in [-0.2, 0) is 6.54 Å². The highest BCUT2D eigenvalue weighted by Crippen LogP contribution is 2.29. The molecule has 0 saturated carbocycles. The molecule has 1 aromatic heterocycles. The zero-order valence-electron chi connectivity index (χ0n) is 12.7. The van der Waals surface area contributed by atoms with Gasteiger partial charge in [0.05, 0.1) is 24.3 Å². The molecule has 11 heteroatoms. The fourth-order valence-corrected chi connectivity index (χ4v) is 2.09. The Hall–Kier alpha value is -3.44. The van der Waals surface area contributed by atoms with Crippen LogP contribution >= 0.6 is 0 Å². The van der Waals surface area contributed by atoms with E-state index in [1.807, 2.05) is 0 Å². The van der Waals surface area contributed by atoms with E-state index in [9.17, 15) is 27.2 Å². The highest BCUT2D eigenvalue weighted by atomic mass is 19.2. The molecule has 0 amide bonds. The molecular formula is C15H8F5N5O. The van der Waals surface area contributed by atoms with Crippen molar-refractivity contribution in [3.8, 4) is 12.1 Å². The monoisotopic (exact) mass is 369 g/mol. The lowest BCUT2D eigenvalue weighted by atomic mass is 10.0. The van der Waals surface area contributed by atoms with Crippen molar-refractivity contribution in [3.05, 3.63) is 45.9 Å². The third-order valence-electron chi connectivity index (χ3n) is 3.32. The van der Waals surface area contributed by atoms with Gasteiger partial charge in [0.2, 0.25) is 5.82 Å². The predicted molar refractivity (Wildman–Crippen MR) is 78.2 cm³/mol. The van der Waals surface area contributed by atoms with E-state index in [1.165, 1.54) is 6.07 Å². The molecule has 0 radical (unpaired) electrons. The average Bonchev–Trinajstić information content (AvgIpc) is 2.94. The summed E-state index contributed by atoms with van der Waals surface area (Å²) in [6.45, 7) is -0.568. The van der Waals surface area contributed by atoms with E-state index in [2.05, 4.69) is 5.10 Å². The van der Waals surface area contributed by atoms with Crippen LogP contribution in [0.3, 0.4) is 0 Å². The SMILES string of the molecule is N#C/C(=C\c1c(F)c(F)c(F)c(F)c1F)c1nn(CCO)c(N)c1C#N. The van der Waals surface area contributed by atoms with E-state index in [1.54, 1.807) is 6.07 Å². The number of nitrogen functional groups attached to an aromatic ring is 1. The maximum Gasteiger partial charge on any atom is 0.200 e. The minimum Gasteiger partial charge on any atom is -0.394 e. The minimum atomic E-state index is -2.34. The number of nitriles is 2. The van der Waals surface area contributed by atoms with Crippen LogP contribution < -0.4 is 5.73 Å². The summed E-state index contributed by atoms with van der Waals surface area (Å²) in [6, 6.07) is 3.10. The fraction of sp³-hybridized carbons (Fsp3) is 0.133. The normalized spacial score (nSPS) is 11.3. The Morgan fingerprint density at radius 2 is 1.62 bits per heavy atom. The van der Waals surface area contributed by atoms with Gasteiger partial charge in [0.1, 0.15) is 29.2 Å². The molecule has 2 aromatic rings. The van der Waals surface area contributed by atoms with Gasteiger partial charge in [0.15, 0.2) is 23.3 Å². The molecule has 0 fully saturated rings. The molecular weight excluding hydrogens is 361 g/mol. The first-order valence-corrected chi connectivity index (χ1v) is 6.79.